The van der Waals surface area contributed by atoms with Crippen molar-refractivity contribution in [2.24, 2.45) is 0 Å². The van der Waals surface area contributed by atoms with Crippen LogP contribution in [0.25, 0.3) is 0 Å². The second-order valence-electron chi connectivity index (χ2n) is 3.45. The van der Waals surface area contributed by atoms with Gasteiger partial charge < -0.3 is 14.9 Å². The first-order chi connectivity index (χ1) is 8.11. The van der Waals surface area contributed by atoms with Crippen LogP contribution in [-0.4, -0.2) is 45.2 Å². The molecular formula is C11H15ClO4S. The van der Waals surface area contributed by atoms with Gasteiger partial charge in [-0.1, -0.05) is 11.6 Å². The molecule has 0 radical (unpaired) electrons. The highest BCUT2D eigenvalue weighted by atomic mass is 35.5. The number of rotatable bonds is 7. The third kappa shape index (κ3) is 6.02. The third-order valence-electron chi connectivity index (χ3n) is 1.98. The lowest BCUT2D eigenvalue weighted by Crippen LogP contribution is -2.23. The summed E-state index contributed by atoms with van der Waals surface area (Å²) in [6.45, 7) is -0.0732. The molecule has 2 N–H and O–H groups in total. The van der Waals surface area contributed by atoms with Crippen molar-refractivity contribution in [1.82, 2.24) is 0 Å². The Kier molecular flexibility index (Phi) is 6.50. The molecule has 0 saturated carbocycles. The van der Waals surface area contributed by atoms with Crippen molar-refractivity contribution < 1.29 is 19.2 Å². The van der Waals surface area contributed by atoms with Crippen LogP contribution in [0.3, 0.4) is 0 Å². The molecule has 0 aromatic heterocycles. The second-order valence-corrected chi connectivity index (χ2v) is 5.51. The topological polar surface area (TPSA) is 66.8 Å². The zero-order valence-corrected chi connectivity index (χ0v) is 10.8. The average molecular weight is 279 g/mol. The summed E-state index contributed by atoms with van der Waals surface area (Å²) in [6.07, 6.45) is -0.925. The number of ether oxygens (including phenoxy) is 1. The minimum atomic E-state index is -1.19. The molecule has 17 heavy (non-hydrogen) atoms. The molecule has 1 aromatic rings. The van der Waals surface area contributed by atoms with Gasteiger partial charge >= 0.3 is 0 Å². The number of halogens is 1. The first kappa shape index (κ1) is 14.4. The zero-order valence-electron chi connectivity index (χ0n) is 9.21. The molecular weight excluding hydrogens is 264 g/mol. The van der Waals surface area contributed by atoms with Crippen molar-refractivity contribution in [3.8, 4) is 5.75 Å². The number of hydrogen-bond acceptors (Lipinski definition) is 4. The predicted molar refractivity (Wildman–Crippen MR) is 67.9 cm³/mol. The molecule has 0 fully saturated rings. The molecule has 0 aliphatic rings. The summed E-state index contributed by atoms with van der Waals surface area (Å²) < 4.78 is 16.7. The Hall–Kier alpha value is -0.620. The molecule has 2 unspecified atom stereocenters. The van der Waals surface area contributed by atoms with Crippen molar-refractivity contribution in [3.05, 3.63) is 29.3 Å². The fourth-order valence-electron chi connectivity index (χ4n) is 1.13. The van der Waals surface area contributed by atoms with E-state index in [0.29, 0.717) is 23.1 Å². The van der Waals surface area contributed by atoms with Crippen LogP contribution in [-0.2, 0) is 10.8 Å². The monoisotopic (exact) mass is 278 g/mol. The molecule has 1 aromatic carbocycles. The van der Waals surface area contributed by atoms with Crippen LogP contribution in [0.1, 0.15) is 0 Å². The largest absolute Gasteiger partial charge is 0.493 e. The van der Waals surface area contributed by atoms with Crippen LogP contribution in [0.5, 0.6) is 5.75 Å². The number of benzene rings is 1. The van der Waals surface area contributed by atoms with Gasteiger partial charge in [-0.3, -0.25) is 4.21 Å². The van der Waals surface area contributed by atoms with Gasteiger partial charge in [0.25, 0.3) is 0 Å². The molecule has 0 heterocycles. The second kappa shape index (κ2) is 7.66. The fourth-order valence-corrected chi connectivity index (χ4v) is 2.23. The van der Waals surface area contributed by atoms with Crippen LogP contribution >= 0.6 is 11.6 Å². The standard InChI is InChI=1S/C11H15ClO4S/c12-9-1-3-11(4-2-9)16-5-6-17(15)8-10(14)7-13/h1-4,10,13-14H,5-8H2. The van der Waals surface area contributed by atoms with Gasteiger partial charge in [-0.15, -0.1) is 0 Å². The summed E-state index contributed by atoms with van der Waals surface area (Å²) >= 11 is 5.71. The quantitative estimate of drug-likeness (QED) is 0.775. The van der Waals surface area contributed by atoms with Crippen molar-refractivity contribution in [1.29, 1.82) is 0 Å². The number of aliphatic hydroxyl groups is 2. The van der Waals surface area contributed by atoms with Gasteiger partial charge in [-0.25, -0.2) is 0 Å². The molecule has 6 heteroatoms. The van der Waals surface area contributed by atoms with E-state index in [9.17, 15) is 4.21 Å². The van der Waals surface area contributed by atoms with Gasteiger partial charge in [0.05, 0.1) is 30.8 Å². The van der Waals surface area contributed by atoms with E-state index in [0.717, 1.165) is 0 Å². The summed E-state index contributed by atoms with van der Waals surface area (Å²) in [6, 6.07) is 6.88. The van der Waals surface area contributed by atoms with Crippen LogP contribution in [0.15, 0.2) is 24.3 Å². The molecule has 1 rings (SSSR count). The first-order valence-corrected chi connectivity index (χ1v) is 7.00. The van der Waals surface area contributed by atoms with Crippen molar-refractivity contribution >= 4 is 22.4 Å². The van der Waals surface area contributed by atoms with E-state index >= 15 is 0 Å². The molecule has 4 nitrogen and oxygen atoms in total. The molecule has 0 amide bonds. The Bertz CT molecular complexity index is 355. The normalized spacial score (nSPS) is 14.3. The summed E-state index contributed by atoms with van der Waals surface area (Å²) in [5.74, 6) is 1.05. The van der Waals surface area contributed by atoms with E-state index in [4.69, 9.17) is 26.6 Å². The van der Waals surface area contributed by atoms with Crippen molar-refractivity contribution in [2.45, 2.75) is 6.10 Å². The lowest BCUT2D eigenvalue weighted by atomic mass is 10.3. The van der Waals surface area contributed by atoms with Crippen LogP contribution < -0.4 is 4.74 Å². The fraction of sp³-hybridized carbons (Fsp3) is 0.455. The molecule has 2 atom stereocenters. The Labute approximate surface area is 108 Å². The van der Waals surface area contributed by atoms with Gasteiger partial charge in [0, 0.05) is 15.8 Å². The Morgan fingerprint density at radius 2 is 2.00 bits per heavy atom. The third-order valence-corrected chi connectivity index (χ3v) is 3.61. The van der Waals surface area contributed by atoms with E-state index < -0.39 is 16.9 Å². The first-order valence-electron chi connectivity index (χ1n) is 5.14. The molecule has 0 aliphatic heterocycles. The highest BCUT2D eigenvalue weighted by Crippen LogP contribution is 2.15. The maximum atomic E-state index is 11.4. The Morgan fingerprint density at radius 1 is 1.35 bits per heavy atom. The molecule has 0 bridgehead atoms. The smallest absolute Gasteiger partial charge is 0.119 e. The highest BCUT2D eigenvalue weighted by Gasteiger charge is 2.08. The molecule has 0 saturated heterocycles. The van der Waals surface area contributed by atoms with Crippen LogP contribution in [0.4, 0.5) is 0 Å². The molecule has 96 valence electrons. The van der Waals surface area contributed by atoms with Crippen LogP contribution in [0, 0.1) is 0 Å². The lowest BCUT2D eigenvalue weighted by molar-refractivity contribution is 0.113. The summed E-state index contributed by atoms with van der Waals surface area (Å²) in [7, 11) is -1.19. The Morgan fingerprint density at radius 3 is 2.59 bits per heavy atom. The zero-order chi connectivity index (χ0) is 12.7. The van der Waals surface area contributed by atoms with E-state index in [1.54, 1.807) is 24.3 Å². The van der Waals surface area contributed by atoms with E-state index in [2.05, 4.69) is 0 Å². The van der Waals surface area contributed by atoms with Gasteiger partial charge in [0.15, 0.2) is 0 Å². The maximum absolute atomic E-state index is 11.4. The SMILES string of the molecule is O=S(CCOc1ccc(Cl)cc1)CC(O)CO. The number of aliphatic hydroxyl groups excluding tert-OH is 2. The van der Waals surface area contributed by atoms with Crippen molar-refractivity contribution in [2.75, 3.05) is 24.7 Å². The van der Waals surface area contributed by atoms with E-state index in [1.165, 1.54) is 0 Å². The van der Waals surface area contributed by atoms with Gasteiger partial charge in [-0.05, 0) is 24.3 Å². The van der Waals surface area contributed by atoms with Gasteiger partial charge in [0.1, 0.15) is 5.75 Å². The van der Waals surface area contributed by atoms with E-state index in [1.807, 2.05) is 0 Å². The molecule has 0 aliphatic carbocycles. The van der Waals surface area contributed by atoms with E-state index in [-0.39, 0.29) is 12.4 Å². The summed E-state index contributed by atoms with van der Waals surface area (Å²) in [5.41, 5.74) is 0. The molecule has 0 spiro atoms. The summed E-state index contributed by atoms with van der Waals surface area (Å²) in [4.78, 5) is 0. The number of hydrogen-bond donors (Lipinski definition) is 2. The van der Waals surface area contributed by atoms with Gasteiger partial charge in [0.2, 0.25) is 0 Å². The predicted octanol–water partition coefficient (Wildman–Crippen LogP) is 0.821. The van der Waals surface area contributed by atoms with Crippen molar-refractivity contribution in [3.63, 3.8) is 0 Å². The lowest BCUT2D eigenvalue weighted by Gasteiger charge is -2.08. The Balaban J connectivity index is 2.23. The highest BCUT2D eigenvalue weighted by molar-refractivity contribution is 7.85. The van der Waals surface area contributed by atoms with Gasteiger partial charge in [-0.2, -0.15) is 0 Å². The average Bonchev–Trinajstić information content (AvgIpc) is 2.31. The summed E-state index contributed by atoms with van der Waals surface area (Å²) in [5, 5.41) is 18.3. The minimum Gasteiger partial charge on any atom is -0.493 e. The van der Waals surface area contributed by atoms with Crippen LogP contribution in [0.2, 0.25) is 5.02 Å². The maximum Gasteiger partial charge on any atom is 0.119 e. The minimum absolute atomic E-state index is 0.0699.